The molecule has 0 radical (unpaired) electrons. The zero-order chi connectivity index (χ0) is 33.8. The van der Waals surface area contributed by atoms with Crippen molar-refractivity contribution >= 4 is 32.2 Å². The molecular weight excluding hydrogens is 674 g/mol. The largest absolute Gasteiger partial charge is 0.524 e. The average molecular weight is 703 g/mol. The van der Waals surface area contributed by atoms with E-state index < -0.39 is 25.9 Å². The maximum absolute atomic E-state index is 14.1. The van der Waals surface area contributed by atoms with Crippen LogP contribution in [0.3, 0.4) is 0 Å². The number of hydrogen-bond acceptors (Lipinski definition) is 5. The van der Waals surface area contributed by atoms with E-state index in [2.05, 4.69) is 0 Å². The zero-order valence-electron chi connectivity index (χ0n) is 25.5. The van der Waals surface area contributed by atoms with Crippen LogP contribution in [0.15, 0.2) is 182 Å². The third kappa shape index (κ3) is 6.88. The summed E-state index contributed by atoms with van der Waals surface area (Å²) in [5.41, 5.74) is -1.81. The van der Waals surface area contributed by atoms with Gasteiger partial charge in [-0.05, 0) is 87.2 Å². The average Bonchev–Trinajstić information content (AvgIpc) is 3.12. The van der Waals surface area contributed by atoms with Crippen LogP contribution in [0.2, 0.25) is 0 Å². The molecule has 244 valence electrons. The molecule has 0 fully saturated rings. The number of methoxy groups -OCH3 is 1. The molecule has 6 rings (SSSR count). The second kappa shape index (κ2) is 13.9. The fourth-order valence-electron chi connectivity index (χ4n) is 5.16. The van der Waals surface area contributed by atoms with E-state index in [0.717, 1.165) is 27.1 Å². The number of rotatable bonds is 10. The summed E-state index contributed by atoms with van der Waals surface area (Å²) in [6, 6.07) is 47.2. The van der Waals surface area contributed by atoms with Gasteiger partial charge in [-0.2, -0.15) is 25.2 Å². The second-order valence-corrected chi connectivity index (χ2v) is 16.1. The monoisotopic (exact) mass is 702 g/mol. The molecule has 0 saturated heterocycles. The maximum Gasteiger partial charge on any atom is 0.524 e. The lowest BCUT2D eigenvalue weighted by molar-refractivity contribution is -0.0496. The Balaban J connectivity index is 1.47. The van der Waals surface area contributed by atoms with E-state index in [-0.39, 0.29) is 14.7 Å². The van der Waals surface area contributed by atoms with Gasteiger partial charge in [0, 0.05) is 19.6 Å². The van der Waals surface area contributed by atoms with Gasteiger partial charge in [0.05, 0.1) is 12.0 Å². The fourth-order valence-corrected chi connectivity index (χ4v) is 10.8. The predicted molar refractivity (Wildman–Crippen MR) is 186 cm³/mol. The van der Waals surface area contributed by atoms with Gasteiger partial charge >= 0.3 is 15.6 Å². The summed E-state index contributed by atoms with van der Waals surface area (Å²) >= 11 is 1.42. The first-order valence-electron chi connectivity index (χ1n) is 14.7. The van der Waals surface area contributed by atoms with Crippen LogP contribution < -0.4 is 4.74 Å². The van der Waals surface area contributed by atoms with E-state index in [4.69, 9.17) is 8.37 Å². The smallest absolute Gasteiger partial charge is 0.496 e. The lowest BCUT2D eigenvalue weighted by Gasteiger charge is -2.39. The molecule has 48 heavy (non-hydrogen) atoms. The van der Waals surface area contributed by atoms with Crippen molar-refractivity contribution in [2.45, 2.75) is 30.0 Å². The highest BCUT2D eigenvalue weighted by Gasteiger charge is 2.52. The number of ether oxygens (including phenoxy) is 1. The van der Waals surface area contributed by atoms with E-state index in [1.807, 2.05) is 84.9 Å². The lowest BCUT2D eigenvalue weighted by Crippen LogP contribution is -2.27. The zero-order valence-corrected chi connectivity index (χ0v) is 28.0. The standard InChI is InChI=1S/C38H29F3O4S3/c1-44-36-27-35(25-26-37(36)46-32-21-17-30(18-22-32)28-11-5-2-6-12-28)47(33-15-9-4-10-16-33,45-48(42,43)38(39,40)41)34-23-19-31(20-24-34)29-13-7-3-8-14-29/h2-27H,1H3. The number of benzene rings is 6. The number of alkyl halides is 3. The van der Waals surface area contributed by atoms with Crippen molar-refractivity contribution in [2.75, 3.05) is 7.11 Å². The maximum atomic E-state index is 14.1. The minimum Gasteiger partial charge on any atom is -0.496 e. The van der Waals surface area contributed by atoms with Crippen molar-refractivity contribution in [3.8, 4) is 28.0 Å². The van der Waals surface area contributed by atoms with Crippen LogP contribution in [0.5, 0.6) is 5.75 Å². The van der Waals surface area contributed by atoms with E-state index in [9.17, 15) is 21.6 Å². The Morgan fingerprint density at radius 2 is 0.979 bits per heavy atom. The van der Waals surface area contributed by atoms with E-state index >= 15 is 0 Å². The van der Waals surface area contributed by atoms with Gasteiger partial charge in [-0.1, -0.05) is 115 Å². The normalized spacial score (nSPS) is 13.8. The molecule has 0 spiro atoms. The molecule has 6 aromatic rings. The van der Waals surface area contributed by atoms with Gasteiger partial charge in [0.2, 0.25) is 0 Å². The molecule has 0 heterocycles. The molecule has 0 N–H and O–H groups in total. The SMILES string of the molecule is COc1cc(S(OS(=O)(=O)C(F)(F)F)(c2ccccc2)c2ccc(-c3ccccc3)cc2)ccc1Sc1ccc(-c2ccccc2)cc1. The predicted octanol–water partition coefficient (Wildman–Crippen LogP) is 11.2. The van der Waals surface area contributed by atoms with Gasteiger partial charge in [0.1, 0.15) is 5.75 Å². The first-order valence-corrected chi connectivity index (χ1v) is 18.5. The first-order chi connectivity index (χ1) is 23.1. The van der Waals surface area contributed by atoms with Gasteiger partial charge in [-0.25, -0.2) is 0 Å². The van der Waals surface area contributed by atoms with Gasteiger partial charge in [-0.15, -0.1) is 0 Å². The van der Waals surface area contributed by atoms with Gasteiger partial charge in [0.25, 0.3) is 0 Å². The summed E-state index contributed by atoms with van der Waals surface area (Å²) in [5.74, 6) is 0.353. The molecule has 1 atom stereocenters. The second-order valence-electron chi connectivity index (χ2n) is 10.5. The first kappa shape index (κ1) is 33.4. The van der Waals surface area contributed by atoms with Crippen molar-refractivity contribution in [2.24, 2.45) is 0 Å². The van der Waals surface area contributed by atoms with Crippen LogP contribution in [-0.2, 0) is 13.7 Å². The molecule has 0 bridgehead atoms. The lowest BCUT2D eigenvalue weighted by atomic mass is 10.1. The highest BCUT2D eigenvalue weighted by Crippen LogP contribution is 2.71. The van der Waals surface area contributed by atoms with Crippen LogP contribution in [0, 0.1) is 0 Å². The molecule has 0 amide bonds. The summed E-state index contributed by atoms with van der Waals surface area (Å²) in [6.45, 7) is 0. The van der Waals surface area contributed by atoms with E-state index in [1.54, 1.807) is 72.8 Å². The van der Waals surface area contributed by atoms with Crippen molar-refractivity contribution in [1.29, 1.82) is 0 Å². The molecule has 0 aromatic heterocycles. The molecule has 0 saturated carbocycles. The molecule has 4 nitrogen and oxygen atoms in total. The van der Waals surface area contributed by atoms with Crippen molar-refractivity contribution in [3.05, 3.63) is 158 Å². The van der Waals surface area contributed by atoms with Crippen molar-refractivity contribution in [3.63, 3.8) is 0 Å². The minimum atomic E-state index is -6.08. The summed E-state index contributed by atoms with van der Waals surface area (Å²) in [5, 5.41) is 0. The summed E-state index contributed by atoms with van der Waals surface area (Å²) < 4.78 is 79.2. The summed E-state index contributed by atoms with van der Waals surface area (Å²) in [6.07, 6.45) is 0. The summed E-state index contributed by atoms with van der Waals surface area (Å²) in [7, 11) is -8.14. The Labute approximate surface area is 283 Å². The number of halogens is 3. The van der Waals surface area contributed by atoms with Crippen molar-refractivity contribution in [1.82, 2.24) is 0 Å². The van der Waals surface area contributed by atoms with Crippen molar-refractivity contribution < 1.29 is 30.0 Å². The molecule has 0 aliphatic carbocycles. The van der Waals surface area contributed by atoms with E-state index in [0.29, 0.717) is 10.6 Å². The topological polar surface area (TPSA) is 52.6 Å². The fraction of sp³-hybridized carbons (Fsp3) is 0.0526. The van der Waals surface area contributed by atoms with E-state index in [1.165, 1.54) is 18.9 Å². The Morgan fingerprint density at radius 3 is 1.48 bits per heavy atom. The Kier molecular flexibility index (Phi) is 9.70. The van der Waals surface area contributed by atoms with Crippen LogP contribution in [0.4, 0.5) is 13.2 Å². The Hall–Kier alpha value is -4.48. The van der Waals surface area contributed by atoms with Gasteiger partial charge in [0.15, 0.2) is 0 Å². The van der Waals surface area contributed by atoms with Crippen LogP contribution >= 0.6 is 22.1 Å². The number of hydrogen-bond donors (Lipinski definition) is 0. The third-order valence-corrected chi connectivity index (χ3v) is 13.5. The molecule has 6 aromatic carbocycles. The molecule has 10 heteroatoms. The van der Waals surface area contributed by atoms with Crippen LogP contribution in [0.1, 0.15) is 0 Å². The van der Waals surface area contributed by atoms with Crippen LogP contribution in [0.25, 0.3) is 22.3 Å². The minimum absolute atomic E-state index is 0.217. The highest BCUT2D eigenvalue weighted by atomic mass is 32.3. The molecule has 0 aliphatic heterocycles. The highest BCUT2D eigenvalue weighted by molar-refractivity contribution is 8.33. The van der Waals surface area contributed by atoms with Crippen LogP contribution in [-0.4, -0.2) is 21.0 Å². The Morgan fingerprint density at radius 1 is 0.542 bits per heavy atom. The van der Waals surface area contributed by atoms with Gasteiger partial charge in [-0.3, -0.25) is 0 Å². The Bertz CT molecular complexity index is 2090. The molecule has 1 unspecified atom stereocenters. The molecular formula is C38H29F3O4S3. The third-order valence-electron chi connectivity index (χ3n) is 7.50. The van der Waals surface area contributed by atoms with Gasteiger partial charge < -0.3 is 4.74 Å². The molecule has 0 aliphatic rings. The quantitative estimate of drug-likeness (QED) is 0.133. The summed E-state index contributed by atoms with van der Waals surface area (Å²) in [4.78, 5) is 2.35.